The van der Waals surface area contributed by atoms with E-state index in [1.165, 1.54) is 11.1 Å². The summed E-state index contributed by atoms with van der Waals surface area (Å²) in [5.74, 6) is 0.219. The molecule has 0 radical (unpaired) electrons. The third-order valence-electron chi connectivity index (χ3n) is 5.13. The molecular formula is C23H28N4OS. The van der Waals surface area contributed by atoms with Gasteiger partial charge in [0.05, 0.1) is 11.9 Å². The number of phenolic OH excluding ortho intramolecular Hbond substituents is 1. The molecule has 152 valence electrons. The highest BCUT2D eigenvalue weighted by Crippen LogP contribution is 2.25. The highest BCUT2D eigenvalue weighted by Gasteiger charge is 2.09. The number of thiazole rings is 1. The second-order valence-corrected chi connectivity index (χ2v) is 7.73. The molecule has 1 aromatic heterocycles. The molecule has 0 amide bonds. The highest BCUT2D eigenvalue weighted by atomic mass is 32.1. The Balaban J connectivity index is 1.99. The molecule has 0 aliphatic carbocycles. The number of hydrogen-bond donors (Lipinski definition) is 1. The zero-order valence-electron chi connectivity index (χ0n) is 17.7. The van der Waals surface area contributed by atoms with E-state index in [9.17, 15) is 5.11 Å². The molecule has 0 saturated carbocycles. The van der Waals surface area contributed by atoms with Crippen LogP contribution in [0.5, 0.6) is 5.75 Å². The Morgan fingerprint density at radius 1 is 1.07 bits per heavy atom. The van der Waals surface area contributed by atoms with Crippen LogP contribution in [0.3, 0.4) is 0 Å². The largest absolute Gasteiger partial charge is 0.507 e. The molecule has 2 aromatic carbocycles. The average Bonchev–Trinajstić information content (AvgIpc) is 3.13. The molecule has 5 nitrogen and oxygen atoms in total. The number of nitrogens with zero attached hydrogens (tertiary/aromatic N) is 4. The van der Waals surface area contributed by atoms with E-state index >= 15 is 0 Å². The van der Waals surface area contributed by atoms with Crippen LogP contribution >= 0.6 is 11.3 Å². The fourth-order valence-electron chi connectivity index (χ4n) is 3.21. The molecule has 0 aliphatic rings. The second-order valence-electron chi connectivity index (χ2n) is 6.90. The van der Waals surface area contributed by atoms with Crippen molar-refractivity contribution < 1.29 is 5.11 Å². The Labute approximate surface area is 176 Å². The van der Waals surface area contributed by atoms with Gasteiger partial charge in [0.2, 0.25) is 4.80 Å². The van der Waals surface area contributed by atoms with Crippen molar-refractivity contribution in [3.8, 4) is 17.0 Å². The van der Waals surface area contributed by atoms with E-state index in [1.54, 1.807) is 30.7 Å². The molecule has 3 rings (SSSR count). The maximum atomic E-state index is 10.5. The molecule has 6 heteroatoms. The molecule has 0 atom stereocenters. The van der Waals surface area contributed by atoms with Crippen LogP contribution in [0.25, 0.3) is 11.3 Å². The summed E-state index contributed by atoms with van der Waals surface area (Å²) in [4.78, 5) is 7.34. The number of aromatic nitrogens is 1. The SMILES string of the molecule is CCN(CC)c1ccc(C=Nn2c(-c3ccc(C)c(C)c3)csc2=NC)c(O)c1. The molecule has 0 aliphatic heterocycles. The summed E-state index contributed by atoms with van der Waals surface area (Å²) in [6.45, 7) is 10.2. The van der Waals surface area contributed by atoms with Gasteiger partial charge in [-0.15, -0.1) is 11.3 Å². The van der Waals surface area contributed by atoms with Gasteiger partial charge in [-0.05, 0) is 57.0 Å². The van der Waals surface area contributed by atoms with E-state index in [1.807, 2.05) is 16.8 Å². The molecule has 29 heavy (non-hydrogen) atoms. The molecule has 0 spiro atoms. The molecule has 0 bridgehead atoms. The third kappa shape index (κ3) is 4.43. The monoisotopic (exact) mass is 408 g/mol. The summed E-state index contributed by atoms with van der Waals surface area (Å²) in [6, 6.07) is 12.1. The number of aryl methyl sites for hydroxylation is 2. The first kappa shape index (κ1) is 20.9. The molecule has 0 unspecified atom stereocenters. The van der Waals surface area contributed by atoms with Crippen LogP contribution in [-0.4, -0.2) is 36.1 Å². The van der Waals surface area contributed by atoms with Crippen LogP contribution in [0.15, 0.2) is 51.9 Å². The second kappa shape index (κ2) is 9.09. The van der Waals surface area contributed by atoms with Gasteiger partial charge in [0.25, 0.3) is 0 Å². The van der Waals surface area contributed by atoms with Gasteiger partial charge >= 0.3 is 0 Å². The van der Waals surface area contributed by atoms with Gasteiger partial charge < -0.3 is 10.0 Å². The number of aromatic hydroxyl groups is 1. The minimum absolute atomic E-state index is 0.219. The highest BCUT2D eigenvalue weighted by molar-refractivity contribution is 7.07. The Bertz CT molecular complexity index is 1090. The Morgan fingerprint density at radius 3 is 2.45 bits per heavy atom. The Hall–Kier alpha value is -2.86. The van der Waals surface area contributed by atoms with E-state index in [-0.39, 0.29) is 5.75 Å². The average molecular weight is 409 g/mol. The molecule has 3 aromatic rings. The van der Waals surface area contributed by atoms with Crippen LogP contribution < -0.4 is 9.70 Å². The van der Waals surface area contributed by atoms with Crippen molar-refractivity contribution in [2.45, 2.75) is 27.7 Å². The van der Waals surface area contributed by atoms with Crippen LogP contribution in [0, 0.1) is 13.8 Å². The van der Waals surface area contributed by atoms with E-state index in [4.69, 9.17) is 0 Å². The lowest BCUT2D eigenvalue weighted by Crippen LogP contribution is -2.21. The molecular weight excluding hydrogens is 380 g/mol. The quantitative estimate of drug-likeness (QED) is 0.596. The van der Waals surface area contributed by atoms with Crippen molar-refractivity contribution in [3.63, 3.8) is 0 Å². The lowest BCUT2D eigenvalue weighted by Gasteiger charge is -2.21. The van der Waals surface area contributed by atoms with Crippen molar-refractivity contribution in [2.24, 2.45) is 10.1 Å². The summed E-state index contributed by atoms with van der Waals surface area (Å²) in [7, 11) is 1.76. The van der Waals surface area contributed by atoms with E-state index in [0.717, 1.165) is 34.8 Å². The number of hydrogen-bond acceptors (Lipinski definition) is 5. The van der Waals surface area contributed by atoms with Gasteiger partial charge in [0, 0.05) is 48.4 Å². The first-order chi connectivity index (χ1) is 14.0. The van der Waals surface area contributed by atoms with Crippen molar-refractivity contribution in [1.82, 2.24) is 4.68 Å². The standard InChI is InChI=1S/C23H28N4OS/c1-6-26(7-2)20-11-10-19(22(28)13-20)14-25-27-21(15-29-23(27)24-5)18-9-8-16(3)17(4)12-18/h8-15,28H,6-7H2,1-5H3. The number of benzene rings is 2. The summed E-state index contributed by atoms with van der Waals surface area (Å²) < 4.78 is 1.83. The molecule has 0 fully saturated rings. The normalized spacial score (nSPS) is 12.1. The van der Waals surface area contributed by atoms with E-state index < -0.39 is 0 Å². The minimum Gasteiger partial charge on any atom is -0.507 e. The van der Waals surface area contributed by atoms with E-state index in [0.29, 0.717) is 5.56 Å². The number of rotatable bonds is 6. The third-order valence-corrected chi connectivity index (χ3v) is 6.04. The van der Waals surface area contributed by atoms with Gasteiger partial charge in [-0.2, -0.15) is 5.10 Å². The summed E-state index contributed by atoms with van der Waals surface area (Å²) in [6.07, 6.45) is 1.69. The minimum atomic E-state index is 0.219. The first-order valence-electron chi connectivity index (χ1n) is 9.81. The van der Waals surface area contributed by atoms with Crippen LogP contribution in [0.2, 0.25) is 0 Å². The maximum absolute atomic E-state index is 10.5. The fourth-order valence-corrected chi connectivity index (χ4v) is 4.01. The van der Waals surface area contributed by atoms with Crippen LogP contribution in [0.1, 0.15) is 30.5 Å². The van der Waals surface area contributed by atoms with Gasteiger partial charge in [-0.1, -0.05) is 12.1 Å². The predicted molar refractivity (Wildman–Crippen MR) is 123 cm³/mol. The smallest absolute Gasteiger partial charge is 0.205 e. The van der Waals surface area contributed by atoms with E-state index in [2.05, 4.69) is 66.3 Å². The summed E-state index contributed by atoms with van der Waals surface area (Å²) in [5.41, 5.74) is 6.26. The van der Waals surface area contributed by atoms with Crippen LogP contribution in [0.4, 0.5) is 5.69 Å². The summed E-state index contributed by atoms with van der Waals surface area (Å²) in [5, 5.41) is 17.2. The van der Waals surface area contributed by atoms with Gasteiger partial charge in [0.1, 0.15) is 5.75 Å². The zero-order chi connectivity index (χ0) is 21.0. The number of phenols is 1. The summed E-state index contributed by atoms with van der Waals surface area (Å²) >= 11 is 1.55. The lowest BCUT2D eigenvalue weighted by molar-refractivity contribution is 0.474. The molecule has 0 saturated heterocycles. The van der Waals surface area contributed by atoms with Crippen molar-refractivity contribution in [2.75, 3.05) is 25.0 Å². The van der Waals surface area contributed by atoms with Gasteiger partial charge in [-0.25, -0.2) is 4.68 Å². The maximum Gasteiger partial charge on any atom is 0.205 e. The lowest BCUT2D eigenvalue weighted by atomic mass is 10.1. The fraction of sp³-hybridized carbons (Fsp3) is 0.304. The molecule has 1 N–H and O–H groups in total. The number of anilines is 1. The predicted octanol–water partition coefficient (Wildman–Crippen LogP) is 4.80. The van der Waals surface area contributed by atoms with Gasteiger partial charge in [0.15, 0.2) is 0 Å². The van der Waals surface area contributed by atoms with Gasteiger partial charge in [-0.3, -0.25) is 4.99 Å². The molecule has 1 heterocycles. The van der Waals surface area contributed by atoms with Crippen LogP contribution in [-0.2, 0) is 0 Å². The Morgan fingerprint density at radius 2 is 1.83 bits per heavy atom. The van der Waals surface area contributed by atoms with Crippen molar-refractivity contribution in [1.29, 1.82) is 0 Å². The van der Waals surface area contributed by atoms with Crippen molar-refractivity contribution >= 4 is 23.2 Å². The topological polar surface area (TPSA) is 53.1 Å². The van der Waals surface area contributed by atoms with Crippen molar-refractivity contribution in [3.05, 3.63) is 63.3 Å². The zero-order valence-corrected chi connectivity index (χ0v) is 18.5. The Kier molecular flexibility index (Phi) is 6.54. The first-order valence-corrected chi connectivity index (χ1v) is 10.7.